The minimum absolute atomic E-state index is 0.184. The van der Waals surface area contributed by atoms with Crippen LogP contribution in [0.2, 0.25) is 0 Å². The molecule has 2 saturated carbocycles. The van der Waals surface area contributed by atoms with E-state index in [1.807, 2.05) is 18.2 Å². The Morgan fingerprint density at radius 2 is 1.81 bits per heavy atom. The van der Waals surface area contributed by atoms with E-state index in [0.29, 0.717) is 29.4 Å². The molecule has 5 heteroatoms. The van der Waals surface area contributed by atoms with Crippen LogP contribution in [0.1, 0.15) is 60.3 Å². The summed E-state index contributed by atoms with van der Waals surface area (Å²) in [5.74, 6) is 2.80. The van der Waals surface area contributed by atoms with E-state index in [0.717, 1.165) is 24.2 Å². The van der Waals surface area contributed by atoms with Crippen LogP contribution in [0.15, 0.2) is 47.0 Å². The predicted octanol–water partition coefficient (Wildman–Crippen LogP) is 6.28. The van der Waals surface area contributed by atoms with Gasteiger partial charge in [0.05, 0.1) is 0 Å². The number of ether oxygens (including phenoxy) is 2. The lowest BCUT2D eigenvalue weighted by Crippen LogP contribution is -2.45. The molecule has 168 valence electrons. The molecular weight excluding hydrogens is 503 g/mol. The number of carbonyl (C=O) groups is 2. The largest absolute Gasteiger partial charge is 0.427 e. The Bertz CT molecular complexity index is 926. The SMILES string of the molecule is CC(=O)OC1=CC2=CC(OC(C)=O)=C3[C@@H]4CC[C@H]([C@H](C)CI)[C@@]4(C)CC[C@@H]3[C@@]2(C)C=C1. The Kier molecular flexibility index (Phi) is 6.03. The molecule has 0 aromatic rings. The standard InChI is InChI=1S/C26H33IO4/c1-15(14-27)20-6-7-21-24-22(9-11-26(20,21)5)25(4)10-8-19(30-16(2)28)12-18(25)13-23(24)31-17(3)29/h8,10,12-13,15,20-22H,6-7,9,11,14H2,1-5H3/t15-,20-,21+,22+,25+,26-/m1/s1. The van der Waals surface area contributed by atoms with Gasteiger partial charge in [0, 0.05) is 23.7 Å². The molecule has 0 radical (unpaired) electrons. The Balaban J connectivity index is 1.82. The summed E-state index contributed by atoms with van der Waals surface area (Å²) in [4.78, 5) is 23.5. The van der Waals surface area contributed by atoms with Crippen molar-refractivity contribution >= 4 is 34.5 Å². The third-order valence-electron chi connectivity index (χ3n) is 8.39. The van der Waals surface area contributed by atoms with E-state index in [1.54, 1.807) is 0 Å². The van der Waals surface area contributed by atoms with Gasteiger partial charge >= 0.3 is 11.9 Å². The normalized spacial score (nSPS) is 37.2. The van der Waals surface area contributed by atoms with Crippen LogP contribution >= 0.6 is 22.6 Å². The maximum Gasteiger partial charge on any atom is 0.308 e. The predicted molar refractivity (Wildman–Crippen MR) is 129 cm³/mol. The second-order valence-corrected chi connectivity index (χ2v) is 11.1. The highest BCUT2D eigenvalue weighted by Gasteiger charge is 2.57. The lowest BCUT2D eigenvalue weighted by atomic mass is 9.51. The van der Waals surface area contributed by atoms with E-state index < -0.39 is 0 Å². The number of esters is 2. The smallest absolute Gasteiger partial charge is 0.308 e. The third kappa shape index (κ3) is 3.75. The second kappa shape index (κ2) is 8.20. The fourth-order valence-electron chi connectivity index (χ4n) is 6.92. The fourth-order valence-corrected chi connectivity index (χ4v) is 7.53. The van der Waals surface area contributed by atoms with Crippen molar-refractivity contribution in [1.29, 1.82) is 0 Å². The molecular formula is C26H33IO4. The van der Waals surface area contributed by atoms with Crippen LogP contribution in [0.3, 0.4) is 0 Å². The molecule has 0 unspecified atom stereocenters. The number of rotatable bonds is 4. The third-order valence-corrected chi connectivity index (χ3v) is 9.78. The molecule has 0 spiro atoms. The molecule has 0 aromatic carbocycles. The minimum atomic E-state index is -0.331. The lowest BCUT2D eigenvalue weighted by Gasteiger charge is -2.53. The van der Waals surface area contributed by atoms with Gasteiger partial charge < -0.3 is 9.47 Å². The summed E-state index contributed by atoms with van der Waals surface area (Å²) in [7, 11) is 0. The first-order chi connectivity index (χ1) is 14.6. The van der Waals surface area contributed by atoms with Crippen molar-refractivity contribution in [2.24, 2.45) is 34.5 Å². The number of halogens is 1. The van der Waals surface area contributed by atoms with Gasteiger partial charge in [-0.2, -0.15) is 0 Å². The summed E-state index contributed by atoms with van der Waals surface area (Å²) < 4.78 is 12.4. The van der Waals surface area contributed by atoms with Gasteiger partial charge in [-0.1, -0.05) is 49.4 Å². The van der Waals surface area contributed by atoms with Gasteiger partial charge in [-0.05, 0) is 84.1 Å². The Hall–Kier alpha value is -1.37. The van der Waals surface area contributed by atoms with Crippen molar-refractivity contribution in [2.75, 3.05) is 4.43 Å². The lowest BCUT2D eigenvalue weighted by molar-refractivity contribution is -0.137. The molecule has 0 saturated heterocycles. The van der Waals surface area contributed by atoms with Gasteiger partial charge in [-0.15, -0.1) is 0 Å². The monoisotopic (exact) mass is 536 g/mol. The van der Waals surface area contributed by atoms with Gasteiger partial charge in [0.25, 0.3) is 0 Å². The summed E-state index contributed by atoms with van der Waals surface area (Å²) in [6, 6.07) is 0. The molecule has 4 aliphatic carbocycles. The summed E-state index contributed by atoms with van der Waals surface area (Å²) in [5, 5.41) is 0. The van der Waals surface area contributed by atoms with Crippen LogP contribution in [0.25, 0.3) is 0 Å². The quantitative estimate of drug-likeness (QED) is 0.241. The molecule has 2 fully saturated rings. The van der Waals surface area contributed by atoms with Gasteiger partial charge in [0.2, 0.25) is 0 Å². The zero-order chi connectivity index (χ0) is 22.6. The second-order valence-electron chi connectivity index (χ2n) is 10.2. The maximum absolute atomic E-state index is 12.0. The highest BCUT2D eigenvalue weighted by atomic mass is 127. The van der Waals surface area contributed by atoms with Crippen molar-refractivity contribution in [3.05, 3.63) is 47.0 Å². The van der Waals surface area contributed by atoms with E-state index in [4.69, 9.17) is 9.47 Å². The number of carbonyl (C=O) groups excluding carboxylic acids is 2. The average molecular weight is 536 g/mol. The first-order valence-corrected chi connectivity index (χ1v) is 12.9. The Morgan fingerprint density at radius 3 is 2.45 bits per heavy atom. The van der Waals surface area contributed by atoms with Crippen molar-refractivity contribution in [1.82, 2.24) is 0 Å². The molecule has 0 aliphatic heterocycles. The van der Waals surface area contributed by atoms with Gasteiger partial charge in [0.15, 0.2) is 0 Å². The fraction of sp³-hybridized carbons (Fsp3) is 0.615. The summed E-state index contributed by atoms with van der Waals surface area (Å²) in [6.07, 6.45) is 12.8. The summed E-state index contributed by atoms with van der Waals surface area (Å²) in [5.41, 5.74) is 2.46. The Morgan fingerprint density at radius 1 is 1.10 bits per heavy atom. The van der Waals surface area contributed by atoms with Crippen molar-refractivity contribution in [2.45, 2.75) is 60.3 Å². The van der Waals surface area contributed by atoms with E-state index >= 15 is 0 Å². The van der Waals surface area contributed by atoms with E-state index in [1.165, 1.54) is 36.7 Å². The molecule has 4 nitrogen and oxygen atoms in total. The van der Waals surface area contributed by atoms with E-state index in [9.17, 15) is 9.59 Å². The molecule has 4 rings (SSSR count). The first-order valence-electron chi connectivity index (χ1n) is 11.4. The zero-order valence-corrected chi connectivity index (χ0v) is 21.3. The van der Waals surface area contributed by atoms with Crippen LogP contribution in [0, 0.1) is 34.5 Å². The topological polar surface area (TPSA) is 52.6 Å². The number of alkyl halides is 1. The molecule has 31 heavy (non-hydrogen) atoms. The first kappa shape index (κ1) is 22.8. The van der Waals surface area contributed by atoms with Crippen LogP contribution in [0.5, 0.6) is 0 Å². The van der Waals surface area contributed by atoms with Crippen molar-refractivity contribution in [3.63, 3.8) is 0 Å². The molecule has 0 aromatic heterocycles. The van der Waals surface area contributed by atoms with Crippen LogP contribution in [0.4, 0.5) is 0 Å². The van der Waals surface area contributed by atoms with Crippen LogP contribution in [-0.4, -0.2) is 16.4 Å². The van der Waals surface area contributed by atoms with Crippen molar-refractivity contribution in [3.8, 4) is 0 Å². The van der Waals surface area contributed by atoms with Gasteiger partial charge in [-0.25, -0.2) is 0 Å². The van der Waals surface area contributed by atoms with Crippen LogP contribution in [-0.2, 0) is 19.1 Å². The van der Waals surface area contributed by atoms with E-state index in [2.05, 4.69) is 49.4 Å². The minimum Gasteiger partial charge on any atom is -0.427 e. The Labute approximate surface area is 199 Å². The molecule has 0 amide bonds. The van der Waals surface area contributed by atoms with Gasteiger partial charge in [0.1, 0.15) is 11.5 Å². The highest BCUT2D eigenvalue weighted by molar-refractivity contribution is 14.1. The summed E-state index contributed by atoms with van der Waals surface area (Å²) in [6.45, 7) is 10.0. The molecule has 6 atom stereocenters. The maximum atomic E-state index is 12.0. The van der Waals surface area contributed by atoms with E-state index in [-0.39, 0.29) is 22.8 Å². The molecule has 0 N–H and O–H groups in total. The average Bonchev–Trinajstić information content (AvgIpc) is 3.04. The van der Waals surface area contributed by atoms with Gasteiger partial charge in [-0.3, -0.25) is 9.59 Å². The zero-order valence-electron chi connectivity index (χ0n) is 19.2. The molecule has 0 heterocycles. The number of hydrogen-bond acceptors (Lipinski definition) is 4. The summed E-state index contributed by atoms with van der Waals surface area (Å²) >= 11 is 2.53. The molecule has 4 aliphatic rings. The van der Waals surface area contributed by atoms with Crippen molar-refractivity contribution < 1.29 is 19.1 Å². The highest BCUT2D eigenvalue weighted by Crippen LogP contribution is 2.66. The number of allylic oxidation sites excluding steroid dienone is 6. The number of fused-ring (bicyclic) bond motifs is 5. The van der Waals surface area contributed by atoms with Crippen LogP contribution < -0.4 is 0 Å². The molecule has 0 bridgehead atoms. The number of hydrogen-bond donors (Lipinski definition) is 0.